The molecule has 0 aromatic heterocycles. The summed E-state index contributed by atoms with van der Waals surface area (Å²) in [6, 6.07) is 9.48. The standard InChI is InChI=1S/C23H32N2O3/c26-21(6-9-28-20-4-2-1-3-5-20)24-7-8-25-22(27)16-23-13-17-10-18(14-23)12-19(11-17)15-23/h1-5,17-19H,6-16H2,(H,24,26)(H,25,27). The number of benzene rings is 1. The predicted molar refractivity (Wildman–Crippen MR) is 108 cm³/mol. The third-order valence-corrected chi connectivity index (χ3v) is 6.81. The summed E-state index contributed by atoms with van der Waals surface area (Å²) < 4.78 is 5.52. The number of carbonyl (C=O) groups excluding carboxylic acids is 2. The normalized spacial score (nSPS) is 30.1. The molecule has 0 atom stereocenters. The lowest BCUT2D eigenvalue weighted by molar-refractivity contribution is -0.129. The van der Waals surface area contributed by atoms with Crippen molar-refractivity contribution in [2.75, 3.05) is 19.7 Å². The van der Waals surface area contributed by atoms with Crippen molar-refractivity contribution in [2.45, 2.75) is 51.4 Å². The van der Waals surface area contributed by atoms with Gasteiger partial charge < -0.3 is 15.4 Å². The van der Waals surface area contributed by atoms with E-state index in [0.29, 0.717) is 32.5 Å². The van der Waals surface area contributed by atoms with Crippen LogP contribution in [0.4, 0.5) is 0 Å². The van der Waals surface area contributed by atoms with Crippen LogP contribution in [-0.2, 0) is 9.59 Å². The van der Waals surface area contributed by atoms with E-state index < -0.39 is 0 Å². The van der Waals surface area contributed by atoms with Gasteiger partial charge in [-0.25, -0.2) is 0 Å². The monoisotopic (exact) mass is 384 g/mol. The summed E-state index contributed by atoms with van der Waals surface area (Å²) in [6.45, 7) is 1.32. The smallest absolute Gasteiger partial charge is 0.223 e. The molecule has 2 amide bonds. The number of para-hydroxylation sites is 1. The van der Waals surface area contributed by atoms with E-state index in [0.717, 1.165) is 23.5 Å². The minimum absolute atomic E-state index is 0.0498. The first-order valence-corrected chi connectivity index (χ1v) is 10.8. The molecule has 0 saturated heterocycles. The molecule has 4 saturated carbocycles. The van der Waals surface area contributed by atoms with E-state index in [2.05, 4.69) is 10.6 Å². The molecule has 28 heavy (non-hydrogen) atoms. The zero-order chi connectivity index (χ0) is 19.4. The highest BCUT2D eigenvalue weighted by Gasteiger charge is 2.51. The Morgan fingerprint density at radius 2 is 1.46 bits per heavy atom. The van der Waals surface area contributed by atoms with Crippen molar-refractivity contribution in [3.8, 4) is 5.75 Å². The molecule has 0 aliphatic heterocycles. The molecule has 0 unspecified atom stereocenters. The van der Waals surface area contributed by atoms with Crippen molar-refractivity contribution in [1.82, 2.24) is 10.6 Å². The lowest BCUT2D eigenvalue weighted by Gasteiger charge is -2.56. The maximum absolute atomic E-state index is 12.5. The molecule has 5 nitrogen and oxygen atoms in total. The molecular formula is C23H32N2O3. The van der Waals surface area contributed by atoms with Crippen LogP contribution in [-0.4, -0.2) is 31.5 Å². The molecule has 4 aliphatic carbocycles. The largest absolute Gasteiger partial charge is 0.493 e. The van der Waals surface area contributed by atoms with E-state index in [4.69, 9.17) is 4.74 Å². The molecule has 0 heterocycles. The first-order chi connectivity index (χ1) is 13.6. The maximum atomic E-state index is 12.5. The summed E-state index contributed by atoms with van der Waals surface area (Å²) in [7, 11) is 0. The first kappa shape index (κ1) is 19.3. The van der Waals surface area contributed by atoms with E-state index >= 15 is 0 Å². The fourth-order valence-electron chi connectivity index (χ4n) is 6.18. The zero-order valence-electron chi connectivity index (χ0n) is 16.6. The zero-order valence-corrected chi connectivity index (χ0v) is 16.6. The van der Waals surface area contributed by atoms with E-state index in [9.17, 15) is 9.59 Å². The average molecular weight is 385 g/mol. The Balaban J connectivity index is 1.09. The highest BCUT2D eigenvalue weighted by molar-refractivity contribution is 5.77. The van der Waals surface area contributed by atoms with Crippen molar-refractivity contribution in [2.24, 2.45) is 23.2 Å². The molecule has 4 aliphatic rings. The Kier molecular flexibility index (Phi) is 5.88. The van der Waals surface area contributed by atoms with Gasteiger partial charge in [-0.15, -0.1) is 0 Å². The van der Waals surface area contributed by atoms with Gasteiger partial charge in [0.15, 0.2) is 0 Å². The number of hydrogen-bond donors (Lipinski definition) is 2. The lowest BCUT2D eigenvalue weighted by atomic mass is 9.49. The molecule has 0 spiro atoms. The summed E-state index contributed by atoms with van der Waals surface area (Å²) in [6.07, 6.45) is 8.97. The summed E-state index contributed by atoms with van der Waals surface area (Å²) in [5.41, 5.74) is 0.275. The predicted octanol–water partition coefficient (Wildman–Crippen LogP) is 3.29. The fourth-order valence-corrected chi connectivity index (χ4v) is 6.18. The number of nitrogens with one attached hydrogen (secondary N) is 2. The van der Waals surface area contributed by atoms with Gasteiger partial charge in [0.05, 0.1) is 13.0 Å². The van der Waals surface area contributed by atoms with Gasteiger partial charge in [-0.3, -0.25) is 9.59 Å². The Morgan fingerprint density at radius 3 is 2.07 bits per heavy atom. The van der Waals surface area contributed by atoms with Crippen molar-refractivity contribution in [3.05, 3.63) is 30.3 Å². The van der Waals surface area contributed by atoms with Crippen LogP contribution >= 0.6 is 0 Å². The third kappa shape index (κ3) is 4.86. The second-order valence-corrected chi connectivity index (χ2v) is 9.21. The number of carbonyl (C=O) groups is 2. The second-order valence-electron chi connectivity index (χ2n) is 9.21. The summed E-state index contributed by atoms with van der Waals surface area (Å²) in [5.74, 6) is 3.49. The summed E-state index contributed by atoms with van der Waals surface area (Å²) >= 11 is 0. The van der Waals surface area contributed by atoms with E-state index in [1.165, 1.54) is 38.5 Å². The van der Waals surface area contributed by atoms with Crippen molar-refractivity contribution in [1.29, 1.82) is 0 Å². The van der Waals surface area contributed by atoms with Crippen LogP contribution in [0.25, 0.3) is 0 Å². The highest BCUT2D eigenvalue weighted by Crippen LogP contribution is 2.61. The molecule has 2 N–H and O–H groups in total. The van der Waals surface area contributed by atoms with Gasteiger partial charge in [-0.05, 0) is 73.8 Å². The van der Waals surface area contributed by atoms with Crippen molar-refractivity contribution < 1.29 is 14.3 Å². The van der Waals surface area contributed by atoms with Gasteiger partial charge in [0.25, 0.3) is 0 Å². The Labute approximate surface area is 167 Å². The molecule has 152 valence electrons. The van der Waals surface area contributed by atoms with Crippen LogP contribution in [0.15, 0.2) is 30.3 Å². The van der Waals surface area contributed by atoms with Gasteiger partial charge in [0, 0.05) is 19.5 Å². The molecule has 5 rings (SSSR count). The first-order valence-electron chi connectivity index (χ1n) is 10.8. The van der Waals surface area contributed by atoms with Gasteiger partial charge >= 0.3 is 0 Å². The average Bonchev–Trinajstić information content (AvgIpc) is 2.64. The van der Waals surface area contributed by atoms with Crippen LogP contribution in [0.2, 0.25) is 0 Å². The molecule has 5 heteroatoms. The maximum Gasteiger partial charge on any atom is 0.223 e. The minimum Gasteiger partial charge on any atom is -0.493 e. The molecule has 1 aromatic rings. The summed E-state index contributed by atoms with van der Waals surface area (Å²) in [5, 5.41) is 5.86. The molecule has 4 fully saturated rings. The number of hydrogen-bond acceptors (Lipinski definition) is 3. The summed E-state index contributed by atoms with van der Waals surface area (Å²) in [4.78, 5) is 24.3. The SMILES string of the molecule is O=C(CCOc1ccccc1)NCCNC(=O)CC12CC3CC(CC(C3)C1)C2. The van der Waals surface area contributed by atoms with Gasteiger partial charge in [0.1, 0.15) is 5.75 Å². The van der Waals surface area contributed by atoms with Crippen molar-refractivity contribution in [3.63, 3.8) is 0 Å². The quantitative estimate of drug-likeness (QED) is 0.642. The Hall–Kier alpha value is -2.04. The Bertz CT molecular complexity index is 653. The number of amides is 2. The lowest BCUT2D eigenvalue weighted by Crippen LogP contribution is -2.48. The molecule has 1 aromatic carbocycles. The van der Waals surface area contributed by atoms with Crippen LogP contribution < -0.4 is 15.4 Å². The number of ether oxygens (including phenoxy) is 1. The van der Waals surface area contributed by atoms with Crippen LogP contribution in [0, 0.1) is 23.2 Å². The van der Waals surface area contributed by atoms with Crippen LogP contribution in [0.5, 0.6) is 5.75 Å². The van der Waals surface area contributed by atoms with Crippen LogP contribution in [0.3, 0.4) is 0 Å². The van der Waals surface area contributed by atoms with Gasteiger partial charge in [0.2, 0.25) is 11.8 Å². The minimum atomic E-state index is -0.0498. The fraction of sp³-hybridized carbons (Fsp3) is 0.652. The third-order valence-electron chi connectivity index (χ3n) is 6.81. The van der Waals surface area contributed by atoms with E-state index in [1.807, 2.05) is 30.3 Å². The topological polar surface area (TPSA) is 67.4 Å². The van der Waals surface area contributed by atoms with Crippen molar-refractivity contribution >= 4 is 11.8 Å². The van der Waals surface area contributed by atoms with Gasteiger partial charge in [-0.1, -0.05) is 18.2 Å². The second kappa shape index (κ2) is 8.54. The molecule has 0 radical (unpaired) electrons. The number of rotatable bonds is 9. The molecular weight excluding hydrogens is 352 g/mol. The van der Waals surface area contributed by atoms with E-state index in [-0.39, 0.29) is 17.2 Å². The van der Waals surface area contributed by atoms with Crippen LogP contribution in [0.1, 0.15) is 51.4 Å². The Morgan fingerprint density at radius 1 is 0.893 bits per heavy atom. The molecule has 4 bridgehead atoms. The van der Waals surface area contributed by atoms with E-state index in [1.54, 1.807) is 0 Å². The highest BCUT2D eigenvalue weighted by atomic mass is 16.5. The van der Waals surface area contributed by atoms with Gasteiger partial charge in [-0.2, -0.15) is 0 Å².